The molecule has 1 aliphatic rings. The standard InChI is InChI=1S/C13H28N2O/c1-11(2)9-15(7-8-16-4)10-13(14-3)12-5-6-12/h11-14H,5-10H2,1-4H3. The first-order valence-corrected chi connectivity index (χ1v) is 6.56. The summed E-state index contributed by atoms with van der Waals surface area (Å²) < 4.78 is 5.18. The Hall–Kier alpha value is -0.120. The molecular formula is C13H28N2O. The van der Waals surface area contributed by atoms with Crippen molar-refractivity contribution in [2.24, 2.45) is 11.8 Å². The van der Waals surface area contributed by atoms with Gasteiger partial charge in [-0.05, 0) is 31.7 Å². The van der Waals surface area contributed by atoms with E-state index in [-0.39, 0.29) is 0 Å². The van der Waals surface area contributed by atoms with Gasteiger partial charge in [-0.15, -0.1) is 0 Å². The van der Waals surface area contributed by atoms with Crippen LogP contribution in [0, 0.1) is 11.8 Å². The average molecular weight is 228 g/mol. The van der Waals surface area contributed by atoms with E-state index in [9.17, 15) is 0 Å². The third-order valence-electron chi connectivity index (χ3n) is 3.25. The van der Waals surface area contributed by atoms with Crippen molar-refractivity contribution in [1.29, 1.82) is 0 Å². The molecule has 0 aromatic carbocycles. The van der Waals surface area contributed by atoms with Crippen LogP contribution in [0.1, 0.15) is 26.7 Å². The van der Waals surface area contributed by atoms with E-state index in [1.165, 1.54) is 25.9 Å². The van der Waals surface area contributed by atoms with Crippen LogP contribution in [-0.2, 0) is 4.74 Å². The third kappa shape index (κ3) is 5.28. The predicted octanol–water partition coefficient (Wildman–Crippen LogP) is 1.59. The maximum absolute atomic E-state index is 5.18. The van der Waals surface area contributed by atoms with Gasteiger partial charge >= 0.3 is 0 Å². The molecule has 0 heterocycles. The summed E-state index contributed by atoms with van der Waals surface area (Å²) in [7, 11) is 3.87. The molecule has 1 atom stereocenters. The van der Waals surface area contributed by atoms with Gasteiger partial charge in [-0.25, -0.2) is 0 Å². The van der Waals surface area contributed by atoms with Crippen molar-refractivity contribution < 1.29 is 4.74 Å². The number of nitrogens with zero attached hydrogens (tertiary/aromatic N) is 1. The highest BCUT2D eigenvalue weighted by Gasteiger charge is 2.31. The van der Waals surface area contributed by atoms with Crippen molar-refractivity contribution in [3.63, 3.8) is 0 Å². The summed E-state index contributed by atoms with van der Waals surface area (Å²) in [5.41, 5.74) is 0. The molecule has 16 heavy (non-hydrogen) atoms. The first kappa shape index (κ1) is 13.9. The van der Waals surface area contributed by atoms with Gasteiger partial charge in [-0.2, -0.15) is 0 Å². The van der Waals surface area contributed by atoms with Crippen LogP contribution in [0.3, 0.4) is 0 Å². The number of ether oxygens (including phenoxy) is 1. The van der Waals surface area contributed by atoms with E-state index in [4.69, 9.17) is 4.74 Å². The highest BCUT2D eigenvalue weighted by molar-refractivity contribution is 4.87. The Labute approximate surface area is 101 Å². The molecule has 0 aromatic heterocycles. The average Bonchev–Trinajstić information content (AvgIpc) is 3.05. The summed E-state index contributed by atoms with van der Waals surface area (Å²) in [4.78, 5) is 2.54. The van der Waals surface area contributed by atoms with Crippen molar-refractivity contribution in [3.8, 4) is 0 Å². The molecule has 1 aliphatic carbocycles. The van der Waals surface area contributed by atoms with Crippen LogP contribution in [0.5, 0.6) is 0 Å². The minimum atomic E-state index is 0.676. The quantitative estimate of drug-likeness (QED) is 0.648. The van der Waals surface area contributed by atoms with Gasteiger partial charge in [0.25, 0.3) is 0 Å². The summed E-state index contributed by atoms with van der Waals surface area (Å²) in [5, 5.41) is 3.46. The van der Waals surface area contributed by atoms with Crippen molar-refractivity contribution in [3.05, 3.63) is 0 Å². The molecule has 1 N–H and O–H groups in total. The van der Waals surface area contributed by atoms with Crippen LogP contribution in [0.15, 0.2) is 0 Å². The number of rotatable bonds is 9. The lowest BCUT2D eigenvalue weighted by molar-refractivity contribution is 0.131. The summed E-state index contributed by atoms with van der Waals surface area (Å²) in [6, 6.07) is 0.676. The van der Waals surface area contributed by atoms with Crippen LogP contribution in [-0.4, -0.2) is 51.3 Å². The van der Waals surface area contributed by atoms with E-state index in [2.05, 4.69) is 31.1 Å². The lowest BCUT2D eigenvalue weighted by Crippen LogP contribution is -2.43. The number of hydrogen-bond acceptors (Lipinski definition) is 3. The van der Waals surface area contributed by atoms with Gasteiger partial charge < -0.3 is 10.1 Å². The van der Waals surface area contributed by atoms with Crippen molar-refractivity contribution in [2.75, 3.05) is 40.4 Å². The second-order valence-corrected chi connectivity index (χ2v) is 5.38. The SMILES string of the molecule is CNC(CN(CCOC)CC(C)C)C1CC1. The summed E-state index contributed by atoms with van der Waals surface area (Å²) in [6.07, 6.45) is 2.82. The molecule has 1 rings (SSSR count). The van der Waals surface area contributed by atoms with Gasteiger partial charge in [0.05, 0.1) is 6.61 Å². The molecule has 0 bridgehead atoms. The first-order chi connectivity index (χ1) is 7.67. The van der Waals surface area contributed by atoms with E-state index < -0.39 is 0 Å². The van der Waals surface area contributed by atoms with E-state index in [1.807, 2.05) is 0 Å². The second kappa shape index (κ2) is 7.25. The van der Waals surface area contributed by atoms with E-state index >= 15 is 0 Å². The van der Waals surface area contributed by atoms with Gasteiger partial charge in [0.2, 0.25) is 0 Å². The maximum atomic E-state index is 5.18. The monoisotopic (exact) mass is 228 g/mol. The zero-order valence-corrected chi connectivity index (χ0v) is 11.3. The number of likely N-dealkylation sites (N-methyl/N-ethyl adjacent to an activating group) is 1. The highest BCUT2D eigenvalue weighted by atomic mass is 16.5. The third-order valence-corrected chi connectivity index (χ3v) is 3.25. The van der Waals surface area contributed by atoms with Crippen molar-refractivity contribution in [1.82, 2.24) is 10.2 Å². The Morgan fingerprint density at radius 2 is 2.00 bits per heavy atom. The van der Waals surface area contributed by atoms with Gasteiger partial charge in [-0.1, -0.05) is 13.8 Å². The Morgan fingerprint density at radius 3 is 2.44 bits per heavy atom. The Bertz CT molecular complexity index is 181. The molecule has 0 aromatic rings. The number of nitrogens with one attached hydrogen (secondary N) is 1. The Balaban J connectivity index is 2.33. The maximum Gasteiger partial charge on any atom is 0.0589 e. The fraction of sp³-hybridized carbons (Fsp3) is 1.00. The highest BCUT2D eigenvalue weighted by Crippen LogP contribution is 2.32. The Morgan fingerprint density at radius 1 is 1.31 bits per heavy atom. The molecule has 96 valence electrons. The van der Waals surface area contributed by atoms with Crippen molar-refractivity contribution >= 4 is 0 Å². The minimum absolute atomic E-state index is 0.676. The molecule has 0 amide bonds. The molecule has 1 unspecified atom stereocenters. The van der Waals surface area contributed by atoms with Crippen LogP contribution in [0.2, 0.25) is 0 Å². The summed E-state index contributed by atoms with van der Waals surface area (Å²) in [5.74, 6) is 1.65. The van der Waals surface area contributed by atoms with Gasteiger partial charge in [0.15, 0.2) is 0 Å². The lowest BCUT2D eigenvalue weighted by Gasteiger charge is -2.28. The van der Waals surface area contributed by atoms with Crippen LogP contribution in [0.25, 0.3) is 0 Å². The topological polar surface area (TPSA) is 24.5 Å². The van der Waals surface area contributed by atoms with Crippen molar-refractivity contribution in [2.45, 2.75) is 32.7 Å². The minimum Gasteiger partial charge on any atom is -0.383 e. The normalized spacial score (nSPS) is 18.4. The molecule has 0 radical (unpaired) electrons. The van der Waals surface area contributed by atoms with E-state index in [0.717, 1.165) is 25.0 Å². The van der Waals surface area contributed by atoms with Crippen LogP contribution >= 0.6 is 0 Å². The zero-order valence-electron chi connectivity index (χ0n) is 11.3. The molecular weight excluding hydrogens is 200 g/mol. The Kier molecular flexibility index (Phi) is 6.32. The molecule has 1 fully saturated rings. The largest absolute Gasteiger partial charge is 0.383 e. The summed E-state index contributed by atoms with van der Waals surface area (Å²) >= 11 is 0. The fourth-order valence-corrected chi connectivity index (χ4v) is 2.25. The lowest BCUT2D eigenvalue weighted by atomic mass is 10.1. The molecule has 0 saturated heterocycles. The van der Waals surface area contributed by atoms with Crippen LogP contribution in [0.4, 0.5) is 0 Å². The first-order valence-electron chi connectivity index (χ1n) is 6.56. The molecule has 0 aliphatic heterocycles. The zero-order chi connectivity index (χ0) is 12.0. The molecule has 3 nitrogen and oxygen atoms in total. The number of methoxy groups -OCH3 is 1. The molecule has 1 saturated carbocycles. The fourth-order valence-electron chi connectivity index (χ4n) is 2.25. The smallest absolute Gasteiger partial charge is 0.0589 e. The van der Waals surface area contributed by atoms with Gasteiger partial charge in [-0.3, -0.25) is 4.90 Å². The summed E-state index contributed by atoms with van der Waals surface area (Å²) in [6.45, 7) is 8.81. The predicted molar refractivity (Wildman–Crippen MR) is 68.7 cm³/mol. The van der Waals surface area contributed by atoms with Gasteiger partial charge in [0, 0.05) is 32.8 Å². The van der Waals surface area contributed by atoms with Crippen LogP contribution < -0.4 is 5.32 Å². The van der Waals surface area contributed by atoms with E-state index in [1.54, 1.807) is 7.11 Å². The second-order valence-electron chi connectivity index (χ2n) is 5.38. The molecule has 3 heteroatoms. The van der Waals surface area contributed by atoms with E-state index in [0.29, 0.717) is 6.04 Å². The number of hydrogen-bond donors (Lipinski definition) is 1. The van der Waals surface area contributed by atoms with Gasteiger partial charge in [0.1, 0.15) is 0 Å². The molecule has 0 spiro atoms.